The number of nitrogens with one attached hydrogen (secondary N) is 1. The van der Waals surface area contributed by atoms with Crippen molar-refractivity contribution in [1.29, 1.82) is 0 Å². The third-order valence-corrected chi connectivity index (χ3v) is 1.19. The van der Waals surface area contributed by atoms with Gasteiger partial charge in [0.1, 0.15) is 0 Å². The molecule has 0 heterocycles. The predicted octanol–water partition coefficient (Wildman–Crippen LogP) is -0.00670. The van der Waals surface area contributed by atoms with E-state index in [4.69, 9.17) is 9.84 Å². The monoisotopic (exact) mass is 147 g/mol. The molecule has 0 aliphatic heterocycles. The van der Waals surface area contributed by atoms with Gasteiger partial charge in [-0.3, -0.25) is 0 Å². The summed E-state index contributed by atoms with van der Waals surface area (Å²) in [6.45, 7) is 3.60. The van der Waals surface area contributed by atoms with E-state index in [9.17, 15) is 0 Å². The Kier molecular flexibility index (Phi) is 6.91. The van der Waals surface area contributed by atoms with Crippen molar-refractivity contribution in [2.75, 3.05) is 26.8 Å². The molecule has 0 amide bonds. The Morgan fingerprint density at radius 1 is 1.60 bits per heavy atom. The van der Waals surface area contributed by atoms with Gasteiger partial charge in [-0.1, -0.05) is 6.92 Å². The zero-order chi connectivity index (χ0) is 7.82. The topological polar surface area (TPSA) is 41.5 Å². The minimum absolute atomic E-state index is 0.0371. The van der Waals surface area contributed by atoms with E-state index >= 15 is 0 Å². The van der Waals surface area contributed by atoms with Crippen LogP contribution in [0.25, 0.3) is 0 Å². The summed E-state index contributed by atoms with van der Waals surface area (Å²) in [5.74, 6) is 0. The van der Waals surface area contributed by atoms with Crippen molar-refractivity contribution in [3.05, 3.63) is 0 Å². The van der Waals surface area contributed by atoms with Crippen LogP contribution >= 0.6 is 0 Å². The van der Waals surface area contributed by atoms with Gasteiger partial charge in [0.15, 0.2) is 0 Å². The van der Waals surface area contributed by atoms with Gasteiger partial charge in [0.05, 0.1) is 12.7 Å². The first-order valence-electron chi connectivity index (χ1n) is 3.72. The highest BCUT2D eigenvalue weighted by molar-refractivity contribution is 4.56. The molecule has 0 aromatic carbocycles. The molecule has 0 spiro atoms. The number of likely N-dealkylation sites (N-methyl/N-ethyl adjacent to an activating group) is 1. The zero-order valence-corrected chi connectivity index (χ0v) is 6.76. The van der Waals surface area contributed by atoms with Crippen molar-refractivity contribution in [2.24, 2.45) is 0 Å². The predicted molar refractivity (Wildman–Crippen MR) is 41.0 cm³/mol. The maximum absolute atomic E-state index is 8.72. The fourth-order valence-corrected chi connectivity index (χ4v) is 0.688. The van der Waals surface area contributed by atoms with Crippen molar-refractivity contribution in [1.82, 2.24) is 5.32 Å². The van der Waals surface area contributed by atoms with Crippen molar-refractivity contribution >= 4 is 0 Å². The third kappa shape index (κ3) is 4.73. The summed E-state index contributed by atoms with van der Waals surface area (Å²) >= 11 is 0. The minimum atomic E-state index is -0.0371. The number of rotatable bonds is 6. The standard InChI is InChI=1S/C7H17NO2/c1-3-4-10-7(6-9)5-8-2/h7-9H,3-6H2,1-2H3/t7-/m0/s1. The molecule has 0 aliphatic rings. The summed E-state index contributed by atoms with van der Waals surface area (Å²) in [5, 5.41) is 11.7. The van der Waals surface area contributed by atoms with Crippen molar-refractivity contribution < 1.29 is 9.84 Å². The maximum atomic E-state index is 8.72. The second-order valence-electron chi connectivity index (χ2n) is 2.23. The third-order valence-electron chi connectivity index (χ3n) is 1.19. The smallest absolute Gasteiger partial charge is 0.0929 e. The van der Waals surface area contributed by atoms with Crippen LogP contribution in [0.5, 0.6) is 0 Å². The summed E-state index contributed by atoms with van der Waals surface area (Å²) in [7, 11) is 1.85. The maximum Gasteiger partial charge on any atom is 0.0929 e. The molecule has 0 fully saturated rings. The van der Waals surface area contributed by atoms with Crippen LogP contribution in [0.2, 0.25) is 0 Å². The SMILES string of the molecule is CCCO[C@H](CO)CNC. The highest BCUT2D eigenvalue weighted by Crippen LogP contribution is 1.90. The van der Waals surface area contributed by atoms with Crippen LogP contribution in [0, 0.1) is 0 Å². The van der Waals surface area contributed by atoms with E-state index in [0.717, 1.165) is 19.6 Å². The highest BCUT2D eigenvalue weighted by atomic mass is 16.5. The van der Waals surface area contributed by atoms with Crippen molar-refractivity contribution in [3.8, 4) is 0 Å². The normalized spacial score (nSPS) is 13.5. The summed E-state index contributed by atoms with van der Waals surface area (Å²) in [4.78, 5) is 0. The molecule has 0 saturated carbocycles. The molecule has 0 aromatic rings. The molecule has 0 aliphatic carbocycles. The molecular weight excluding hydrogens is 130 g/mol. The molecule has 3 nitrogen and oxygen atoms in total. The molecule has 0 bridgehead atoms. The quantitative estimate of drug-likeness (QED) is 0.555. The van der Waals surface area contributed by atoms with E-state index in [0.29, 0.717) is 0 Å². The molecule has 2 N–H and O–H groups in total. The largest absolute Gasteiger partial charge is 0.394 e. The Bertz CT molecular complexity index is 68.6. The first-order chi connectivity index (χ1) is 4.85. The second kappa shape index (κ2) is 6.99. The van der Waals surface area contributed by atoms with E-state index in [-0.39, 0.29) is 12.7 Å². The zero-order valence-electron chi connectivity index (χ0n) is 6.76. The van der Waals surface area contributed by atoms with Crippen LogP contribution in [0.4, 0.5) is 0 Å². The Balaban J connectivity index is 3.21. The number of ether oxygens (including phenoxy) is 1. The number of hydrogen-bond donors (Lipinski definition) is 2. The number of aliphatic hydroxyl groups excluding tert-OH is 1. The number of hydrogen-bond acceptors (Lipinski definition) is 3. The Hall–Kier alpha value is -0.120. The first kappa shape index (κ1) is 9.88. The van der Waals surface area contributed by atoms with Gasteiger partial charge in [0.25, 0.3) is 0 Å². The molecular formula is C7H17NO2. The second-order valence-corrected chi connectivity index (χ2v) is 2.23. The average molecular weight is 147 g/mol. The van der Waals surface area contributed by atoms with Gasteiger partial charge in [-0.15, -0.1) is 0 Å². The summed E-state index contributed by atoms with van der Waals surface area (Å²) in [6.07, 6.45) is 0.963. The summed E-state index contributed by atoms with van der Waals surface area (Å²) in [6, 6.07) is 0. The lowest BCUT2D eigenvalue weighted by Gasteiger charge is -2.13. The highest BCUT2D eigenvalue weighted by Gasteiger charge is 2.03. The van der Waals surface area contributed by atoms with E-state index < -0.39 is 0 Å². The molecule has 0 rings (SSSR count). The van der Waals surface area contributed by atoms with Crippen LogP contribution < -0.4 is 5.32 Å². The Morgan fingerprint density at radius 2 is 2.30 bits per heavy atom. The van der Waals surface area contributed by atoms with Crippen molar-refractivity contribution in [3.63, 3.8) is 0 Å². The lowest BCUT2D eigenvalue weighted by atomic mass is 10.4. The minimum Gasteiger partial charge on any atom is -0.394 e. The molecule has 0 unspecified atom stereocenters. The fraction of sp³-hybridized carbons (Fsp3) is 1.00. The van der Waals surface area contributed by atoms with E-state index in [2.05, 4.69) is 5.32 Å². The molecule has 10 heavy (non-hydrogen) atoms. The van der Waals surface area contributed by atoms with Crippen LogP contribution in [0.1, 0.15) is 13.3 Å². The Labute approximate surface area is 62.4 Å². The molecule has 62 valence electrons. The molecule has 3 heteroatoms. The lowest BCUT2D eigenvalue weighted by molar-refractivity contribution is 0.0152. The summed E-state index contributed by atoms with van der Waals surface area (Å²) in [5.41, 5.74) is 0. The van der Waals surface area contributed by atoms with Gasteiger partial charge in [-0.25, -0.2) is 0 Å². The van der Waals surface area contributed by atoms with Crippen LogP contribution in [-0.2, 0) is 4.74 Å². The van der Waals surface area contributed by atoms with Crippen molar-refractivity contribution in [2.45, 2.75) is 19.4 Å². The molecule has 0 aromatic heterocycles. The number of aliphatic hydroxyl groups is 1. The average Bonchev–Trinajstić information content (AvgIpc) is 1.98. The van der Waals surface area contributed by atoms with Gasteiger partial charge in [0, 0.05) is 13.2 Å². The van der Waals surface area contributed by atoms with E-state index in [1.54, 1.807) is 0 Å². The van der Waals surface area contributed by atoms with Gasteiger partial charge < -0.3 is 15.2 Å². The van der Waals surface area contributed by atoms with E-state index in [1.807, 2.05) is 14.0 Å². The molecule has 0 saturated heterocycles. The van der Waals surface area contributed by atoms with E-state index in [1.165, 1.54) is 0 Å². The van der Waals surface area contributed by atoms with Gasteiger partial charge >= 0.3 is 0 Å². The van der Waals surface area contributed by atoms with Crippen LogP contribution in [0.15, 0.2) is 0 Å². The van der Waals surface area contributed by atoms with Crippen LogP contribution in [0.3, 0.4) is 0 Å². The lowest BCUT2D eigenvalue weighted by Crippen LogP contribution is -2.30. The Morgan fingerprint density at radius 3 is 2.70 bits per heavy atom. The molecule has 1 atom stereocenters. The summed E-state index contributed by atoms with van der Waals surface area (Å²) < 4.78 is 5.27. The van der Waals surface area contributed by atoms with Gasteiger partial charge in [-0.05, 0) is 13.5 Å². The molecule has 0 radical (unpaired) electrons. The van der Waals surface area contributed by atoms with Gasteiger partial charge in [0.2, 0.25) is 0 Å². The van der Waals surface area contributed by atoms with Crippen LogP contribution in [-0.4, -0.2) is 38.0 Å². The van der Waals surface area contributed by atoms with Gasteiger partial charge in [-0.2, -0.15) is 0 Å². The first-order valence-corrected chi connectivity index (χ1v) is 3.72. The fourth-order valence-electron chi connectivity index (χ4n) is 0.688.